The highest BCUT2D eigenvalue weighted by molar-refractivity contribution is 6.01. The molecule has 0 aromatic heterocycles. The van der Waals surface area contributed by atoms with Crippen molar-refractivity contribution in [2.24, 2.45) is 0 Å². The molecule has 158 valence electrons. The summed E-state index contributed by atoms with van der Waals surface area (Å²) >= 11 is 0. The number of rotatable bonds is 7. The summed E-state index contributed by atoms with van der Waals surface area (Å²) in [7, 11) is 0. The molecule has 0 saturated carbocycles. The van der Waals surface area contributed by atoms with Crippen LogP contribution in [-0.2, 0) is 11.2 Å². The fraction of sp³-hybridized carbons (Fsp3) is 0.0870. The molecule has 0 saturated heterocycles. The van der Waals surface area contributed by atoms with E-state index in [-0.39, 0.29) is 17.7 Å². The molecule has 3 rings (SSSR count). The quantitative estimate of drug-likeness (QED) is 0.297. The highest BCUT2D eigenvalue weighted by atomic mass is 16.5. The number of phenols is 1. The summed E-state index contributed by atoms with van der Waals surface area (Å²) in [6.07, 6.45) is 0.204. The van der Waals surface area contributed by atoms with Crippen molar-refractivity contribution in [1.29, 1.82) is 0 Å². The topological polar surface area (TPSA) is 128 Å². The highest BCUT2D eigenvalue weighted by Gasteiger charge is 2.22. The monoisotopic (exact) mass is 419 g/mol. The van der Waals surface area contributed by atoms with E-state index in [0.717, 1.165) is 5.56 Å². The number of phenolic OH excluding ortho intramolecular Hbond substituents is 1. The van der Waals surface area contributed by atoms with E-state index in [9.17, 15) is 19.5 Å². The Morgan fingerprint density at radius 2 is 1.39 bits per heavy atom. The van der Waals surface area contributed by atoms with Crippen molar-refractivity contribution < 1.29 is 24.7 Å². The van der Waals surface area contributed by atoms with Crippen LogP contribution in [0, 0.1) is 0 Å². The molecule has 0 unspecified atom stereocenters. The molecule has 0 aliphatic carbocycles. The number of benzene rings is 3. The van der Waals surface area contributed by atoms with Gasteiger partial charge in [0.2, 0.25) is 5.91 Å². The van der Waals surface area contributed by atoms with Crippen LogP contribution in [0.3, 0.4) is 0 Å². The van der Waals surface area contributed by atoms with Crippen LogP contribution in [0.15, 0.2) is 78.9 Å². The molecule has 0 fully saturated rings. The van der Waals surface area contributed by atoms with E-state index >= 15 is 0 Å². The number of nitrogens with one attached hydrogen (secondary N) is 3. The zero-order valence-electron chi connectivity index (χ0n) is 16.4. The molecule has 0 aliphatic rings. The van der Waals surface area contributed by atoms with Crippen LogP contribution in [-0.4, -0.2) is 34.1 Å². The van der Waals surface area contributed by atoms with Gasteiger partial charge in [0.15, 0.2) is 0 Å². The van der Waals surface area contributed by atoms with Crippen molar-refractivity contribution in [2.45, 2.75) is 12.5 Å². The molecular weight excluding hydrogens is 398 g/mol. The molecule has 3 aromatic rings. The molecule has 8 heteroatoms. The molecular formula is C23H21N3O5. The van der Waals surface area contributed by atoms with Crippen LogP contribution in [0.5, 0.6) is 5.75 Å². The van der Waals surface area contributed by atoms with Crippen LogP contribution in [0.25, 0.3) is 0 Å². The summed E-state index contributed by atoms with van der Waals surface area (Å²) in [4.78, 5) is 37.0. The van der Waals surface area contributed by atoms with Gasteiger partial charge in [0.25, 0.3) is 11.8 Å². The third-order valence-corrected chi connectivity index (χ3v) is 4.55. The first kappa shape index (κ1) is 21.5. The lowest BCUT2D eigenvalue weighted by Crippen LogP contribution is -2.45. The average Bonchev–Trinajstić information content (AvgIpc) is 2.80. The van der Waals surface area contributed by atoms with Gasteiger partial charge in [0.05, 0.1) is 0 Å². The first-order valence-electron chi connectivity index (χ1n) is 9.45. The van der Waals surface area contributed by atoms with Gasteiger partial charge >= 0.3 is 0 Å². The van der Waals surface area contributed by atoms with Gasteiger partial charge in [0, 0.05) is 23.2 Å². The number of carbonyl (C=O) groups is 3. The van der Waals surface area contributed by atoms with Gasteiger partial charge in [-0.2, -0.15) is 0 Å². The minimum Gasteiger partial charge on any atom is -0.508 e. The van der Waals surface area contributed by atoms with Crippen molar-refractivity contribution in [3.8, 4) is 5.75 Å². The van der Waals surface area contributed by atoms with Gasteiger partial charge in [-0.25, -0.2) is 5.48 Å². The van der Waals surface area contributed by atoms with Crippen molar-refractivity contribution in [2.75, 3.05) is 5.32 Å². The maximum Gasteiger partial charge on any atom is 0.274 e. The Morgan fingerprint density at radius 1 is 0.774 bits per heavy atom. The molecule has 8 nitrogen and oxygen atoms in total. The van der Waals surface area contributed by atoms with Gasteiger partial charge in [-0.05, 0) is 54.1 Å². The van der Waals surface area contributed by atoms with Gasteiger partial charge in [-0.3, -0.25) is 19.6 Å². The summed E-state index contributed by atoms with van der Waals surface area (Å²) in [5.41, 5.74) is 3.35. The fourth-order valence-corrected chi connectivity index (χ4v) is 2.91. The number of hydrogen-bond donors (Lipinski definition) is 5. The molecule has 0 spiro atoms. The van der Waals surface area contributed by atoms with Gasteiger partial charge in [-0.1, -0.05) is 30.3 Å². The normalized spacial score (nSPS) is 11.3. The molecule has 0 bridgehead atoms. The lowest BCUT2D eigenvalue weighted by atomic mass is 10.0. The number of amides is 3. The largest absolute Gasteiger partial charge is 0.508 e. The van der Waals surface area contributed by atoms with Crippen LogP contribution >= 0.6 is 0 Å². The summed E-state index contributed by atoms with van der Waals surface area (Å²) in [6, 6.07) is 19.9. The van der Waals surface area contributed by atoms with E-state index in [1.165, 1.54) is 41.9 Å². The van der Waals surface area contributed by atoms with Crippen LogP contribution < -0.4 is 16.1 Å². The summed E-state index contributed by atoms with van der Waals surface area (Å²) < 4.78 is 0. The number of anilines is 1. The van der Waals surface area contributed by atoms with Gasteiger partial charge in [0.1, 0.15) is 11.8 Å². The summed E-state index contributed by atoms with van der Waals surface area (Å²) in [6.45, 7) is 0. The standard InChI is InChI=1S/C23H21N3O5/c27-19-12-6-15(7-13-19)14-20(25-21(28)16-4-2-1-3-5-16)23(30)24-18-10-8-17(9-11-18)22(29)26-31/h1-13,20,27,31H,14H2,(H,24,30)(H,25,28)(H,26,29)/t20-/m0/s1. The van der Waals surface area contributed by atoms with Crippen molar-refractivity contribution >= 4 is 23.4 Å². The first-order chi connectivity index (χ1) is 15.0. The number of hydroxylamine groups is 1. The Bertz CT molecular complexity index is 1050. The second-order valence-electron chi connectivity index (χ2n) is 6.77. The first-order valence-corrected chi connectivity index (χ1v) is 9.45. The third kappa shape index (κ3) is 5.91. The Labute approximate surface area is 178 Å². The Balaban J connectivity index is 1.77. The minimum absolute atomic E-state index is 0.102. The second-order valence-corrected chi connectivity index (χ2v) is 6.77. The number of aromatic hydroxyl groups is 1. The molecule has 31 heavy (non-hydrogen) atoms. The van der Waals surface area contributed by atoms with Crippen LogP contribution in [0.4, 0.5) is 5.69 Å². The molecule has 0 heterocycles. The van der Waals surface area contributed by atoms with Crippen LogP contribution in [0.1, 0.15) is 26.3 Å². The van der Waals surface area contributed by atoms with Crippen molar-refractivity contribution in [1.82, 2.24) is 10.8 Å². The number of carbonyl (C=O) groups excluding carboxylic acids is 3. The van der Waals surface area contributed by atoms with E-state index in [1.807, 2.05) is 0 Å². The Hall–Kier alpha value is -4.17. The van der Waals surface area contributed by atoms with E-state index in [4.69, 9.17) is 5.21 Å². The molecule has 5 N–H and O–H groups in total. The minimum atomic E-state index is -0.891. The number of hydrogen-bond acceptors (Lipinski definition) is 5. The van der Waals surface area contributed by atoms with E-state index < -0.39 is 23.8 Å². The maximum absolute atomic E-state index is 12.9. The smallest absolute Gasteiger partial charge is 0.274 e. The maximum atomic E-state index is 12.9. The molecule has 0 radical (unpaired) electrons. The predicted molar refractivity (Wildman–Crippen MR) is 114 cm³/mol. The lowest BCUT2D eigenvalue weighted by molar-refractivity contribution is -0.118. The van der Waals surface area contributed by atoms with E-state index in [1.54, 1.807) is 42.5 Å². The SMILES string of the molecule is O=C(NO)c1ccc(NC(=O)[C@H](Cc2ccc(O)cc2)NC(=O)c2ccccc2)cc1. The lowest BCUT2D eigenvalue weighted by Gasteiger charge is -2.19. The molecule has 0 aliphatic heterocycles. The zero-order valence-corrected chi connectivity index (χ0v) is 16.4. The fourth-order valence-electron chi connectivity index (χ4n) is 2.91. The molecule has 1 atom stereocenters. The van der Waals surface area contributed by atoms with Gasteiger partial charge in [-0.15, -0.1) is 0 Å². The summed E-state index contributed by atoms with van der Waals surface area (Å²) in [5.74, 6) is -1.41. The zero-order chi connectivity index (χ0) is 22.2. The third-order valence-electron chi connectivity index (χ3n) is 4.55. The Kier molecular flexibility index (Phi) is 6.97. The van der Waals surface area contributed by atoms with E-state index in [2.05, 4.69) is 10.6 Å². The average molecular weight is 419 g/mol. The molecule has 3 aromatic carbocycles. The van der Waals surface area contributed by atoms with Crippen LogP contribution in [0.2, 0.25) is 0 Å². The van der Waals surface area contributed by atoms with Crippen molar-refractivity contribution in [3.63, 3.8) is 0 Å². The van der Waals surface area contributed by atoms with E-state index in [0.29, 0.717) is 11.3 Å². The van der Waals surface area contributed by atoms with Crippen molar-refractivity contribution in [3.05, 3.63) is 95.6 Å². The Morgan fingerprint density at radius 3 is 2.00 bits per heavy atom. The predicted octanol–water partition coefficient (Wildman–Crippen LogP) is 2.49. The summed E-state index contributed by atoms with van der Waals surface area (Å²) in [5, 5.41) is 23.6. The van der Waals surface area contributed by atoms with Gasteiger partial charge < -0.3 is 15.7 Å². The molecule has 3 amide bonds. The second kappa shape index (κ2) is 10.0. The highest BCUT2D eigenvalue weighted by Crippen LogP contribution is 2.14.